The van der Waals surface area contributed by atoms with Crippen molar-refractivity contribution >= 4 is 28.9 Å². The zero-order valence-corrected chi connectivity index (χ0v) is 13.6. The van der Waals surface area contributed by atoms with Crippen molar-refractivity contribution in [1.29, 1.82) is 0 Å². The van der Waals surface area contributed by atoms with Gasteiger partial charge in [-0.15, -0.1) is 0 Å². The largest absolute Gasteiger partial charge is 0.488 e. The monoisotopic (exact) mass is 360 g/mol. The minimum atomic E-state index is -0.751. The van der Waals surface area contributed by atoms with Gasteiger partial charge in [-0.05, 0) is 0 Å². The Labute approximate surface area is 146 Å². The van der Waals surface area contributed by atoms with Gasteiger partial charge in [-0.2, -0.15) is 9.61 Å². The molecule has 134 valence electrons. The van der Waals surface area contributed by atoms with Crippen LogP contribution in [0.15, 0.2) is 24.4 Å². The number of halogens is 2. The van der Waals surface area contributed by atoms with Crippen LogP contribution in [0.2, 0.25) is 0 Å². The van der Waals surface area contributed by atoms with Gasteiger partial charge in [-0.25, -0.2) is 13.8 Å². The van der Waals surface area contributed by atoms with E-state index in [2.05, 4.69) is 26.0 Å². The van der Waals surface area contributed by atoms with Gasteiger partial charge in [0.05, 0.1) is 18.4 Å². The van der Waals surface area contributed by atoms with Crippen LogP contribution in [0.3, 0.4) is 0 Å². The van der Waals surface area contributed by atoms with Crippen molar-refractivity contribution in [3.63, 3.8) is 0 Å². The van der Waals surface area contributed by atoms with E-state index in [1.807, 2.05) is 0 Å². The van der Waals surface area contributed by atoms with E-state index in [1.54, 1.807) is 13.1 Å². The lowest BCUT2D eigenvalue weighted by molar-refractivity contribution is 0.0948. The van der Waals surface area contributed by atoms with E-state index in [1.165, 1.54) is 10.7 Å². The number of benzene rings is 1. The number of hydrogen-bond acceptors (Lipinski definition) is 6. The molecule has 1 amide bonds. The van der Waals surface area contributed by atoms with Gasteiger partial charge in [0, 0.05) is 25.2 Å². The molecule has 0 aliphatic carbocycles. The molecule has 1 aliphatic rings. The number of ether oxygens (including phenoxy) is 1. The summed E-state index contributed by atoms with van der Waals surface area (Å²) in [6, 6.07) is 3.52. The fourth-order valence-electron chi connectivity index (χ4n) is 2.68. The fraction of sp³-hybridized carbons (Fsp3) is 0.188. The molecule has 0 unspecified atom stereocenters. The van der Waals surface area contributed by atoms with E-state index < -0.39 is 17.5 Å². The third kappa shape index (κ3) is 2.65. The lowest BCUT2D eigenvalue weighted by Crippen LogP contribution is -2.28. The summed E-state index contributed by atoms with van der Waals surface area (Å²) in [5.41, 5.74) is 0.398. The Morgan fingerprint density at radius 1 is 1.31 bits per heavy atom. The molecule has 2 aromatic heterocycles. The van der Waals surface area contributed by atoms with Crippen molar-refractivity contribution in [2.75, 3.05) is 30.8 Å². The Balaban J connectivity index is 1.92. The third-order valence-corrected chi connectivity index (χ3v) is 3.88. The molecular formula is C16H14F2N6O2. The van der Waals surface area contributed by atoms with E-state index in [-0.39, 0.29) is 41.6 Å². The highest BCUT2D eigenvalue weighted by atomic mass is 19.1. The van der Waals surface area contributed by atoms with Crippen LogP contribution in [0.4, 0.5) is 26.1 Å². The normalized spacial score (nSPS) is 13.9. The number of rotatable bonds is 1. The molecule has 4 bridgehead atoms. The number of hydrogen-bond donors (Lipinski definition) is 3. The van der Waals surface area contributed by atoms with Gasteiger partial charge in [-0.1, -0.05) is 0 Å². The zero-order chi connectivity index (χ0) is 18.3. The fourth-order valence-corrected chi connectivity index (χ4v) is 2.68. The maximum Gasteiger partial charge on any atom is 0.256 e. The summed E-state index contributed by atoms with van der Waals surface area (Å²) in [6.07, 6.45) is 1.39. The molecule has 1 aliphatic heterocycles. The lowest BCUT2D eigenvalue weighted by atomic mass is 10.2. The van der Waals surface area contributed by atoms with Gasteiger partial charge in [0.2, 0.25) is 0 Å². The van der Waals surface area contributed by atoms with E-state index in [0.717, 1.165) is 12.1 Å². The summed E-state index contributed by atoms with van der Waals surface area (Å²) in [5.74, 6) is -1.33. The molecule has 8 nitrogen and oxygen atoms in total. The average molecular weight is 360 g/mol. The van der Waals surface area contributed by atoms with E-state index in [9.17, 15) is 13.6 Å². The molecular weight excluding hydrogens is 346 g/mol. The molecule has 0 saturated heterocycles. The summed E-state index contributed by atoms with van der Waals surface area (Å²) < 4.78 is 35.1. The lowest BCUT2D eigenvalue weighted by Gasteiger charge is -2.13. The molecule has 3 aromatic rings. The molecule has 26 heavy (non-hydrogen) atoms. The highest BCUT2D eigenvalue weighted by Crippen LogP contribution is 2.30. The molecule has 10 heteroatoms. The summed E-state index contributed by atoms with van der Waals surface area (Å²) >= 11 is 0. The zero-order valence-electron chi connectivity index (χ0n) is 13.6. The topological polar surface area (TPSA) is 92.6 Å². The molecule has 1 aromatic carbocycles. The molecule has 3 N–H and O–H groups in total. The van der Waals surface area contributed by atoms with Gasteiger partial charge in [0.25, 0.3) is 5.91 Å². The quantitative estimate of drug-likeness (QED) is 0.614. The van der Waals surface area contributed by atoms with Crippen molar-refractivity contribution in [2.45, 2.75) is 0 Å². The van der Waals surface area contributed by atoms with Crippen molar-refractivity contribution < 1.29 is 18.3 Å². The summed E-state index contributed by atoms with van der Waals surface area (Å²) in [6.45, 7) is 0.0796. The molecule has 0 fully saturated rings. The first-order chi connectivity index (χ1) is 12.6. The summed E-state index contributed by atoms with van der Waals surface area (Å²) in [7, 11) is 1.67. The first kappa shape index (κ1) is 16.1. The van der Waals surface area contributed by atoms with Gasteiger partial charge < -0.3 is 20.7 Å². The molecule has 0 radical (unpaired) electrons. The maximum atomic E-state index is 14.6. The number of nitrogens with one attached hydrogen (secondary N) is 3. The maximum absolute atomic E-state index is 14.6. The van der Waals surface area contributed by atoms with E-state index in [0.29, 0.717) is 5.82 Å². The van der Waals surface area contributed by atoms with Crippen LogP contribution in [0.1, 0.15) is 10.4 Å². The average Bonchev–Trinajstić information content (AvgIpc) is 3.04. The number of aromatic nitrogens is 3. The van der Waals surface area contributed by atoms with Crippen LogP contribution >= 0.6 is 0 Å². The molecule has 4 rings (SSSR count). The van der Waals surface area contributed by atoms with Crippen LogP contribution < -0.4 is 20.7 Å². The first-order valence-electron chi connectivity index (χ1n) is 7.80. The smallest absolute Gasteiger partial charge is 0.256 e. The molecule has 0 atom stereocenters. The van der Waals surface area contributed by atoms with Crippen molar-refractivity contribution in [3.8, 4) is 5.75 Å². The van der Waals surface area contributed by atoms with Gasteiger partial charge >= 0.3 is 0 Å². The van der Waals surface area contributed by atoms with Crippen LogP contribution in [0.5, 0.6) is 5.75 Å². The van der Waals surface area contributed by atoms with Gasteiger partial charge in [-0.3, -0.25) is 4.79 Å². The Hall–Kier alpha value is -3.43. The van der Waals surface area contributed by atoms with Crippen LogP contribution in [0, 0.1) is 11.6 Å². The van der Waals surface area contributed by atoms with Crippen molar-refractivity contribution in [2.24, 2.45) is 0 Å². The minimum Gasteiger partial charge on any atom is -0.488 e. The number of carbonyl (C=O) groups excluding carboxylic acids is 1. The number of nitrogens with zero attached hydrogens (tertiary/aromatic N) is 3. The summed E-state index contributed by atoms with van der Waals surface area (Å²) in [5, 5.41) is 12.5. The van der Waals surface area contributed by atoms with E-state index in [4.69, 9.17) is 4.74 Å². The van der Waals surface area contributed by atoms with Gasteiger partial charge in [0.15, 0.2) is 17.2 Å². The number of anilines is 3. The second-order valence-corrected chi connectivity index (χ2v) is 5.57. The third-order valence-electron chi connectivity index (χ3n) is 3.88. The Morgan fingerprint density at radius 2 is 2.15 bits per heavy atom. The number of amides is 1. The van der Waals surface area contributed by atoms with Crippen LogP contribution in [0.25, 0.3) is 5.65 Å². The molecule has 0 saturated carbocycles. The SMILES string of the molecule is CNc1cc2nc3c(cnn13)C(=O)NCCOc1cc(F)cc(c1F)N2. The summed E-state index contributed by atoms with van der Waals surface area (Å²) in [4.78, 5) is 16.7. The van der Waals surface area contributed by atoms with Crippen LogP contribution in [-0.4, -0.2) is 40.7 Å². The minimum absolute atomic E-state index is 0.0250. The second-order valence-electron chi connectivity index (χ2n) is 5.57. The van der Waals surface area contributed by atoms with Crippen molar-refractivity contribution in [1.82, 2.24) is 19.9 Å². The van der Waals surface area contributed by atoms with Crippen LogP contribution in [-0.2, 0) is 0 Å². The standard InChI is InChI=1S/C16H14F2N6O2/c1-19-13-6-12-22-10-4-8(17)5-11(14(10)18)26-3-2-20-16(25)9-7-21-24(13)15(9)23-12/h4-7,19H,2-3H2,1H3,(H,20,25)(H,22,23). The Bertz CT molecular complexity index is 1020. The Morgan fingerprint density at radius 3 is 2.96 bits per heavy atom. The Kier molecular flexibility index (Phi) is 3.79. The number of carbonyl (C=O) groups is 1. The number of fused-ring (bicyclic) bond motifs is 3. The highest BCUT2D eigenvalue weighted by molar-refractivity contribution is 6.00. The predicted molar refractivity (Wildman–Crippen MR) is 90.0 cm³/mol. The molecule has 3 heterocycles. The van der Waals surface area contributed by atoms with Gasteiger partial charge in [0.1, 0.15) is 29.6 Å². The highest BCUT2D eigenvalue weighted by Gasteiger charge is 2.19. The predicted octanol–water partition coefficient (Wildman–Crippen LogP) is 1.91. The van der Waals surface area contributed by atoms with E-state index >= 15 is 0 Å². The first-order valence-corrected chi connectivity index (χ1v) is 7.80. The van der Waals surface area contributed by atoms with Crippen molar-refractivity contribution in [3.05, 3.63) is 41.6 Å². The molecule has 0 spiro atoms. The second kappa shape index (κ2) is 6.14.